The standard InChI is InChI=1S/C13H20N2O3S/c1-11-3-2-8-15(11)19(16,17)10-9-18-13-6-4-12(14)5-7-13/h4-7,11H,2-3,8-10,14H2,1H3. The van der Waals surface area contributed by atoms with Crippen molar-refractivity contribution in [3.63, 3.8) is 0 Å². The fourth-order valence-corrected chi connectivity index (χ4v) is 3.86. The van der Waals surface area contributed by atoms with Gasteiger partial charge in [0.2, 0.25) is 10.0 Å². The van der Waals surface area contributed by atoms with Gasteiger partial charge >= 0.3 is 0 Å². The maximum Gasteiger partial charge on any atom is 0.217 e. The van der Waals surface area contributed by atoms with Gasteiger partial charge in [-0.1, -0.05) is 0 Å². The molecule has 1 aromatic carbocycles. The van der Waals surface area contributed by atoms with E-state index in [0.29, 0.717) is 18.0 Å². The van der Waals surface area contributed by atoms with Crippen LogP contribution in [0.1, 0.15) is 19.8 Å². The summed E-state index contributed by atoms with van der Waals surface area (Å²) < 4.78 is 31.2. The van der Waals surface area contributed by atoms with E-state index < -0.39 is 10.0 Å². The van der Waals surface area contributed by atoms with Crippen LogP contribution in [-0.4, -0.2) is 37.7 Å². The molecule has 6 heteroatoms. The van der Waals surface area contributed by atoms with Crippen molar-refractivity contribution in [3.05, 3.63) is 24.3 Å². The number of hydrogen-bond donors (Lipinski definition) is 1. The number of sulfonamides is 1. The van der Waals surface area contributed by atoms with Gasteiger partial charge in [-0.3, -0.25) is 0 Å². The highest BCUT2D eigenvalue weighted by Gasteiger charge is 2.30. The molecule has 106 valence electrons. The number of hydrogen-bond acceptors (Lipinski definition) is 4. The van der Waals surface area contributed by atoms with Gasteiger partial charge in [-0.15, -0.1) is 0 Å². The first kappa shape index (κ1) is 14.1. The van der Waals surface area contributed by atoms with E-state index in [1.54, 1.807) is 28.6 Å². The minimum absolute atomic E-state index is 0.0156. The van der Waals surface area contributed by atoms with Crippen LogP contribution < -0.4 is 10.5 Å². The predicted octanol–water partition coefficient (Wildman–Crippen LogP) is 1.46. The molecule has 1 saturated heterocycles. The van der Waals surface area contributed by atoms with Crippen LogP contribution in [-0.2, 0) is 10.0 Å². The molecule has 1 aliphatic heterocycles. The van der Waals surface area contributed by atoms with E-state index in [0.717, 1.165) is 12.8 Å². The van der Waals surface area contributed by atoms with Crippen LogP contribution >= 0.6 is 0 Å². The van der Waals surface area contributed by atoms with E-state index in [1.165, 1.54) is 0 Å². The highest BCUT2D eigenvalue weighted by molar-refractivity contribution is 7.89. The first-order valence-electron chi connectivity index (χ1n) is 6.47. The molecule has 1 atom stereocenters. The van der Waals surface area contributed by atoms with Crippen molar-refractivity contribution in [3.8, 4) is 5.75 Å². The summed E-state index contributed by atoms with van der Waals surface area (Å²) in [6.45, 7) is 2.74. The maximum absolute atomic E-state index is 12.1. The number of nitrogen functional groups attached to an aromatic ring is 1. The smallest absolute Gasteiger partial charge is 0.217 e. The first-order valence-corrected chi connectivity index (χ1v) is 8.08. The van der Waals surface area contributed by atoms with E-state index >= 15 is 0 Å². The van der Waals surface area contributed by atoms with Gasteiger partial charge in [-0.25, -0.2) is 8.42 Å². The Morgan fingerprint density at radius 3 is 2.63 bits per heavy atom. The summed E-state index contributed by atoms with van der Waals surface area (Å²) in [5.41, 5.74) is 6.22. The Hall–Kier alpha value is -1.27. The highest BCUT2D eigenvalue weighted by Crippen LogP contribution is 2.21. The van der Waals surface area contributed by atoms with Crippen LogP contribution in [0, 0.1) is 0 Å². The summed E-state index contributed by atoms with van der Waals surface area (Å²) in [5, 5.41) is 0. The summed E-state index contributed by atoms with van der Waals surface area (Å²) in [6.07, 6.45) is 1.89. The Morgan fingerprint density at radius 2 is 2.05 bits per heavy atom. The molecular formula is C13H20N2O3S. The van der Waals surface area contributed by atoms with E-state index in [2.05, 4.69) is 0 Å². The van der Waals surface area contributed by atoms with Gasteiger partial charge in [0, 0.05) is 18.3 Å². The minimum atomic E-state index is -3.20. The van der Waals surface area contributed by atoms with Gasteiger partial charge < -0.3 is 10.5 Å². The fourth-order valence-electron chi connectivity index (χ4n) is 2.27. The number of anilines is 1. The molecule has 0 bridgehead atoms. The number of nitrogens with two attached hydrogens (primary N) is 1. The molecule has 1 aromatic rings. The van der Waals surface area contributed by atoms with Gasteiger partial charge in [-0.2, -0.15) is 4.31 Å². The Balaban J connectivity index is 1.86. The Labute approximate surface area is 114 Å². The zero-order chi connectivity index (χ0) is 13.9. The molecule has 0 aliphatic carbocycles. The molecule has 0 spiro atoms. The number of benzene rings is 1. The SMILES string of the molecule is CC1CCCN1S(=O)(=O)CCOc1ccc(N)cc1. The topological polar surface area (TPSA) is 72.6 Å². The van der Waals surface area contributed by atoms with Crippen molar-refractivity contribution in [2.75, 3.05) is 24.6 Å². The van der Waals surface area contributed by atoms with Crippen LogP contribution in [0.4, 0.5) is 5.69 Å². The van der Waals surface area contributed by atoms with Gasteiger partial charge in [0.1, 0.15) is 12.4 Å². The second-order valence-corrected chi connectivity index (χ2v) is 6.88. The highest BCUT2D eigenvalue weighted by atomic mass is 32.2. The molecule has 5 nitrogen and oxygen atoms in total. The predicted molar refractivity (Wildman–Crippen MR) is 75.5 cm³/mol. The van der Waals surface area contributed by atoms with Crippen molar-refractivity contribution in [2.45, 2.75) is 25.8 Å². The summed E-state index contributed by atoms with van der Waals surface area (Å²) >= 11 is 0. The van der Waals surface area contributed by atoms with E-state index in [4.69, 9.17) is 10.5 Å². The van der Waals surface area contributed by atoms with Crippen LogP contribution in [0.5, 0.6) is 5.75 Å². The third-order valence-electron chi connectivity index (χ3n) is 3.34. The summed E-state index contributed by atoms with van der Waals surface area (Å²) in [6, 6.07) is 7.04. The van der Waals surface area contributed by atoms with Crippen LogP contribution in [0.2, 0.25) is 0 Å². The van der Waals surface area contributed by atoms with Gasteiger partial charge in [-0.05, 0) is 44.0 Å². The van der Waals surface area contributed by atoms with Gasteiger partial charge in [0.25, 0.3) is 0 Å². The summed E-state index contributed by atoms with van der Waals surface area (Å²) in [5.74, 6) is 0.653. The summed E-state index contributed by atoms with van der Waals surface area (Å²) in [7, 11) is -3.20. The van der Waals surface area contributed by atoms with Crippen molar-refractivity contribution in [1.82, 2.24) is 4.31 Å². The molecule has 1 unspecified atom stereocenters. The fraction of sp³-hybridized carbons (Fsp3) is 0.538. The molecule has 2 rings (SSSR count). The lowest BCUT2D eigenvalue weighted by molar-refractivity contribution is 0.333. The molecule has 1 fully saturated rings. The third-order valence-corrected chi connectivity index (χ3v) is 5.28. The lowest BCUT2D eigenvalue weighted by atomic mass is 10.3. The van der Waals surface area contributed by atoms with Gasteiger partial charge in [0.05, 0.1) is 5.75 Å². The Kier molecular flexibility index (Phi) is 4.31. The molecule has 19 heavy (non-hydrogen) atoms. The largest absolute Gasteiger partial charge is 0.492 e. The number of nitrogens with zero attached hydrogens (tertiary/aromatic N) is 1. The lowest BCUT2D eigenvalue weighted by Gasteiger charge is -2.20. The normalized spacial score (nSPS) is 20.6. The molecule has 1 heterocycles. The Morgan fingerprint density at radius 1 is 1.37 bits per heavy atom. The average Bonchev–Trinajstić information content (AvgIpc) is 2.79. The monoisotopic (exact) mass is 284 g/mol. The quantitative estimate of drug-likeness (QED) is 0.831. The molecule has 0 amide bonds. The number of rotatable bonds is 5. The van der Waals surface area contributed by atoms with Crippen molar-refractivity contribution in [1.29, 1.82) is 0 Å². The molecule has 0 aromatic heterocycles. The molecule has 0 radical (unpaired) electrons. The zero-order valence-corrected chi connectivity index (χ0v) is 11.9. The zero-order valence-electron chi connectivity index (χ0n) is 11.1. The second-order valence-electron chi connectivity index (χ2n) is 4.84. The van der Waals surface area contributed by atoms with Crippen LogP contribution in [0.15, 0.2) is 24.3 Å². The first-order chi connectivity index (χ1) is 8.99. The van der Waals surface area contributed by atoms with Crippen molar-refractivity contribution < 1.29 is 13.2 Å². The van der Waals surface area contributed by atoms with Crippen LogP contribution in [0.25, 0.3) is 0 Å². The maximum atomic E-state index is 12.1. The third kappa shape index (κ3) is 3.61. The molecular weight excluding hydrogens is 264 g/mol. The molecule has 2 N–H and O–H groups in total. The summed E-state index contributed by atoms with van der Waals surface area (Å²) in [4.78, 5) is 0. The second kappa shape index (κ2) is 5.79. The van der Waals surface area contributed by atoms with Crippen molar-refractivity contribution in [2.24, 2.45) is 0 Å². The average molecular weight is 284 g/mol. The Bertz CT molecular complexity index is 513. The molecule has 0 saturated carbocycles. The minimum Gasteiger partial charge on any atom is -0.492 e. The van der Waals surface area contributed by atoms with E-state index in [9.17, 15) is 8.42 Å². The van der Waals surface area contributed by atoms with Crippen molar-refractivity contribution >= 4 is 15.7 Å². The number of ether oxygens (including phenoxy) is 1. The van der Waals surface area contributed by atoms with Crippen LogP contribution in [0.3, 0.4) is 0 Å². The lowest BCUT2D eigenvalue weighted by Crippen LogP contribution is -2.36. The van der Waals surface area contributed by atoms with E-state index in [-0.39, 0.29) is 18.4 Å². The van der Waals surface area contributed by atoms with E-state index in [1.807, 2.05) is 6.92 Å². The van der Waals surface area contributed by atoms with Gasteiger partial charge in [0.15, 0.2) is 0 Å². The molecule has 1 aliphatic rings.